The van der Waals surface area contributed by atoms with E-state index in [9.17, 15) is 14.7 Å². The molecule has 0 aliphatic rings. The van der Waals surface area contributed by atoms with E-state index in [1.807, 2.05) is 67.8 Å². The number of aliphatic hydroxyl groups excluding tert-OH is 3. The largest absolute Gasteiger partial charge is 0.397 e. The predicted octanol–water partition coefficient (Wildman–Crippen LogP) is 2.35. The molecule has 0 aromatic heterocycles. The van der Waals surface area contributed by atoms with E-state index in [0.29, 0.717) is 33.9 Å². The Balaban J connectivity index is 3.28. The minimum atomic E-state index is -0.948. The molecule has 24 heavy (non-hydrogen) atoms. The lowest BCUT2D eigenvalue weighted by atomic mass is 9.98. The summed E-state index contributed by atoms with van der Waals surface area (Å²) in [6.07, 6.45) is -0.224. The minimum absolute atomic E-state index is 0.0536. The van der Waals surface area contributed by atoms with E-state index >= 15 is 0 Å². The maximum absolute atomic E-state index is 12.5. The number of carbonyl (C=O) groups excluding carboxylic acids is 2. The fraction of sp³-hybridized carbons (Fsp3) is 0.467. The van der Waals surface area contributed by atoms with Crippen molar-refractivity contribution >= 4 is 85.0 Å². The summed E-state index contributed by atoms with van der Waals surface area (Å²) in [6.45, 7) is -0.481. The summed E-state index contributed by atoms with van der Waals surface area (Å²) in [5.41, 5.74) is 7.25. The van der Waals surface area contributed by atoms with Gasteiger partial charge < -0.3 is 21.1 Å². The summed E-state index contributed by atoms with van der Waals surface area (Å²) < 4.78 is 1.74. The first-order valence-electron chi connectivity index (χ1n) is 7.18. The molecule has 0 bridgehead atoms. The average Bonchev–Trinajstić information content (AvgIpc) is 2.55. The first-order valence-corrected chi connectivity index (χ1v) is 10.4. The zero-order valence-corrected chi connectivity index (χ0v) is 19.2. The number of hydrogen-bond donors (Lipinski definition) is 4. The molecule has 0 radical (unpaired) electrons. The third kappa shape index (κ3) is 5.46. The first kappa shape index (κ1) is 22.5. The Morgan fingerprint density at radius 1 is 0.958 bits per heavy atom. The van der Waals surface area contributed by atoms with Gasteiger partial charge in [0, 0.05) is 41.3 Å². The van der Waals surface area contributed by atoms with Gasteiger partial charge in [0.2, 0.25) is 0 Å². The van der Waals surface area contributed by atoms with Gasteiger partial charge in [0.25, 0.3) is 0 Å². The molecule has 6 nitrogen and oxygen atoms in total. The van der Waals surface area contributed by atoms with Crippen LogP contribution < -0.4 is 5.73 Å². The van der Waals surface area contributed by atoms with E-state index in [1.54, 1.807) is 0 Å². The molecule has 0 spiro atoms. The van der Waals surface area contributed by atoms with Crippen LogP contribution in [0.4, 0.5) is 5.69 Å². The van der Waals surface area contributed by atoms with Gasteiger partial charge in [-0.05, 0) is 80.6 Å². The third-order valence-electron chi connectivity index (χ3n) is 3.39. The van der Waals surface area contributed by atoms with E-state index in [0.717, 1.165) is 0 Å². The topological polar surface area (TPSA) is 121 Å². The van der Waals surface area contributed by atoms with Crippen LogP contribution in [-0.2, 0) is 0 Å². The van der Waals surface area contributed by atoms with Gasteiger partial charge >= 0.3 is 0 Å². The van der Waals surface area contributed by atoms with Gasteiger partial charge in [-0.25, -0.2) is 0 Å². The number of ketones is 2. The van der Waals surface area contributed by atoms with E-state index in [1.165, 1.54) is 0 Å². The molecule has 9 heteroatoms. The van der Waals surface area contributed by atoms with Gasteiger partial charge in [0.05, 0.1) is 18.4 Å². The lowest BCUT2D eigenvalue weighted by molar-refractivity contribution is 0.0779. The van der Waals surface area contributed by atoms with Gasteiger partial charge in [0.1, 0.15) is 0 Å². The van der Waals surface area contributed by atoms with Gasteiger partial charge in [-0.2, -0.15) is 0 Å². The molecule has 0 saturated carbocycles. The smallest absolute Gasteiger partial charge is 0.165 e. The highest BCUT2D eigenvalue weighted by molar-refractivity contribution is 14.1. The Morgan fingerprint density at radius 3 is 1.92 bits per heavy atom. The molecule has 0 aliphatic heterocycles. The standard InChI is InChI=1S/C15H18I3NO5/c16-12-10(8(23)2-1-5-20)13(17)15(19)14(18)11(12)9(24)4-3-7(22)6-21/h7,20-22H,1-6,19H2. The number of anilines is 1. The van der Waals surface area contributed by atoms with Crippen LogP contribution in [0, 0.1) is 10.7 Å². The second kappa shape index (κ2) is 10.5. The Bertz CT molecular complexity index is 636. The molecular weight excluding hydrogens is 655 g/mol. The molecule has 1 aromatic rings. The number of nitrogens with two attached hydrogens (primary N) is 1. The molecule has 134 valence electrons. The second-order valence-corrected chi connectivity index (χ2v) is 8.39. The van der Waals surface area contributed by atoms with Crippen molar-refractivity contribution in [1.82, 2.24) is 0 Å². The van der Waals surface area contributed by atoms with Crippen LogP contribution >= 0.6 is 67.8 Å². The van der Waals surface area contributed by atoms with Crippen molar-refractivity contribution in [2.24, 2.45) is 0 Å². The predicted molar refractivity (Wildman–Crippen MR) is 116 cm³/mol. The minimum Gasteiger partial charge on any atom is -0.397 e. The molecule has 1 aromatic carbocycles. The molecule has 0 heterocycles. The Labute approximate surface area is 181 Å². The van der Waals surface area contributed by atoms with Gasteiger partial charge in [-0.1, -0.05) is 0 Å². The normalized spacial score (nSPS) is 12.2. The van der Waals surface area contributed by atoms with Crippen molar-refractivity contribution in [3.05, 3.63) is 21.8 Å². The third-order valence-corrected chi connectivity index (χ3v) is 6.71. The number of rotatable bonds is 9. The Hall–Kier alpha value is 0.430. The zero-order valence-electron chi connectivity index (χ0n) is 12.7. The van der Waals surface area contributed by atoms with Crippen LogP contribution in [-0.4, -0.2) is 46.2 Å². The van der Waals surface area contributed by atoms with Crippen molar-refractivity contribution in [3.63, 3.8) is 0 Å². The molecule has 5 N–H and O–H groups in total. The average molecular weight is 673 g/mol. The molecule has 1 unspecified atom stereocenters. The number of benzene rings is 1. The molecule has 1 atom stereocenters. The quantitative estimate of drug-likeness (QED) is 0.182. The van der Waals surface area contributed by atoms with E-state index in [-0.39, 0.29) is 37.4 Å². The number of nitrogen functional groups attached to an aromatic ring is 1. The van der Waals surface area contributed by atoms with Crippen LogP contribution in [0.25, 0.3) is 0 Å². The number of halogens is 3. The summed E-state index contributed by atoms with van der Waals surface area (Å²) in [6, 6.07) is 0. The number of hydrogen-bond acceptors (Lipinski definition) is 6. The van der Waals surface area contributed by atoms with Crippen LogP contribution in [0.2, 0.25) is 0 Å². The lowest BCUT2D eigenvalue weighted by Crippen LogP contribution is -2.18. The van der Waals surface area contributed by atoms with Crippen molar-refractivity contribution in [2.75, 3.05) is 18.9 Å². The molecule has 1 rings (SSSR count). The van der Waals surface area contributed by atoms with Gasteiger partial charge in [-0.3, -0.25) is 9.59 Å². The Morgan fingerprint density at radius 2 is 1.46 bits per heavy atom. The van der Waals surface area contributed by atoms with Crippen molar-refractivity contribution in [3.8, 4) is 0 Å². The summed E-state index contributed by atoms with van der Waals surface area (Å²) in [5, 5.41) is 27.2. The fourth-order valence-electron chi connectivity index (χ4n) is 2.05. The van der Waals surface area contributed by atoms with Crippen molar-refractivity contribution in [1.29, 1.82) is 0 Å². The molecule has 0 amide bonds. The first-order chi connectivity index (χ1) is 11.3. The summed E-state index contributed by atoms with van der Waals surface area (Å²) in [5.74, 6) is -0.388. The highest BCUT2D eigenvalue weighted by Gasteiger charge is 2.26. The van der Waals surface area contributed by atoms with Crippen LogP contribution in [0.3, 0.4) is 0 Å². The van der Waals surface area contributed by atoms with E-state index in [4.69, 9.17) is 15.9 Å². The van der Waals surface area contributed by atoms with Crippen molar-refractivity contribution in [2.45, 2.75) is 31.8 Å². The SMILES string of the molecule is Nc1c(I)c(C(=O)CCCO)c(I)c(C(=O)CCC(O)CO)c1I. The van der Waals surface area contributed by atoms with Gasteiger partial charge in [-0.15, -0.1) is 0 Å². The van der Waals surface area contributed by atoms with E-state index in [2.05, 4.69) is 0 Å². The highest BCUT2D eigenvalue weighted by atomic mass is 127. The summed E-state index contributed by atoms with van der Waals surface area (Å²) >= 11 is 5.96. The molecular formula is C15H18I3NO5. The summed E-state index contributed by atoms with van der Waals surface area (Å²) in [7, 11) is 0. The number of carbonyl (C=O) groups is 2. The van der Waals surface area contributed by atoms with Crippen LogP contribution in [0.1, 0.15) is 46.4 Å². The van der Waals surface area contributed by atoms with Gasteiger partial charge in [0.15, 0.2) is 11.6 Å². The maximum atomic E-state index is 12.5. The number of Topliss-reactive ketones (excluding diaryl/α,β-unsaturated/α-hetero) is 2. The Kier molecular flexibility index (Phi) is 9.88. The fourth-order valence-corrected chi connectivity index (χ4v) is 6.42. The second-order valence-electron chi connectivity index (χ2n) is 5.15. The molecule has 0 aliphatic carbocycles. The lowest BCUT2D eigenvalue weighted by Gasteiger charge is -2.16. The molecule has 0 fully saturated rings. The highest BCUT2D eigenvalue weighted by Crippen LogP contribution is 2.35. The number of aliphatic hydroxyl groups is 3. The molecule has 0 saturated heterocycles. The monoisotopic (exact) mass is 673 g/mol. The summed E-state index contributed by atoms with van der Waals surface area (Å²) in [4.78, 5) is 25.0. The van der Waals surface area contributed by atoms with Crippen LogP contribution in [0.5, 0.6) is 0 Å². The van der Waals surface area contributed by atoms with Crippen molar-refractivity contribution < 1.29 is 24.9 Å². The van der Waals surface area contributed by atoms with Crippen LogP contribution in [0.15, 0.2) is 0 Å². The maximum Gasteiger partial charge on any atom is 0.165 e. The zero-order chi connectivity index (χ0) is 18.4. The van der Waals surface area contributed by atoms with E-state index < -0.39 is 12.7 Å².